The molecule has 20 heteroatoms. The Balaban J connectivity index is 1.86. The minimum atomic E-state index is -1.35. The van der Waals surface area contributed by atoms with Gasteiger partial charge in [-0.1, -0.05) is 50.6 Å². The first-order valence-corrected chi connectivity index (χ1v) is 24.8. The Kier molecular flexibility index (Phi) is 24.0. The summed E-state index contributed by atoms with van der Waals surface area (Å²) >= 11 is 0. The number of allylic oxidation sites excluding steroid dienone is 5. The highest BCUT2D eigenvalue weighted by Gasteiger charge is 2.52. The van der Waals surface area contributed by atoms with Crippen molar-refractivity contribution in [2.24, 2.45) is 23.7 Å². The maximum absolute atomic E-state index is 14.6. The second-order valence-corrected chi connectivity index (χ2v) is 19.1. The minimum absolute atomic E-state index is 0.0402. The van der Waals surface area contributed by atoms with Gasteiger partial charge in [-0.05, 0) is 84.3 Å². The average molecular weight is 1030 g/mol. The number of pyridine rings is 1. The Labute approximate surface area is 428 Å². The highest BCUT2D eigenvalue weighted by Crippen LogP contribution is 2.38. The van der Waals surface area contributed by atoms with Crippen LogP contribution in [0.2, 0.25) is 0 Å². The van der Waals surface area contributed by atoms with Crippen molar-refractivity contribution in [1.29, 1.82) is 0 Å². The summed E-state index contributed by atoms with van der Waals surface area (Å²) in [4.78, 5) is 97.6. The lowest BCUT2D eigenvalue weighted by Crippen LogP contribution is -2.65. The number of aromatic nitrogens is 1. The van der Waals surface area contributed by atoms with Crippen LogP contribution in [0.5, 0.6) is 0 Å². The molecule has 2 fully saturated rings. The monoisotopic (exact) mass is 1030 g/mol. The predicted octanol–water partition coefficient (Wildman–Crippen LogP) is 5.09. The van der Waals surface area contributed by atoms with Gasteiger partial charge in [0.2, 0.25) is 0 Å². The lowest BCUT2D eigenvalue weighted by molar-refractivity contribution is -0.308. The molecular formula is C53H76N2O18. The number of hydrogen-bond acceptors (Lipinski definition) is 20. The molecule has 406 valence electrons. The minimum Gasteiger partial charge on any atom is -0.462 e. The van der Waals surface area contributed by atoms with Crippen LogP contribution < -0.4 is 0 Å². The first kappa shape index (κ1) is 60.3. The largest absolute Gasteiger partial charge is 0.462 e. The van der Waals surface area contributed by atoms with Crippen molar-refractivity contribution in [3.05, 3.63) is 66.0 Å². The molecule has 73 heavy (non-hydrogen) atoms. The molecule has 0 bridgehead atoms. The number of nitrogens with zero attached hydrogens (tertiary/aromatic N) is 2. The molecule has 4 heterocycles. The van der Waals surface area contributed by atoms with E-state index in [1.54, 1.807) is 77.9 Å². The zero-order valence-electron chi connectivity index (χ0n) is 44.4. The molecule has 17 atom stereocenters. The zero-order chi connectivity index (χ0) is 54.1. The highest BCUT2D eigenvalue weighted by molar-refractivity contribution is 5.91. The molecule has 3 aliphatic rings. The van der Waals surface area contributed by atoms with Crippen molar-refractivity contribution in [2.45, 2.75) is 168 Å². The fourth-order valence-corrected chi connectivity index (χ4v) is 9.73. The summed E-state index contributed by atoms with van der Waals surface area (Å²) in [6.07, 6.45) is -1.52. The topological polar surface area (TPSA) is 237 Å². The van der Waals surface area contributed by atoms with E-state index in [0.717, 1.165) is 0 Å². The Bertz CT molecular complexity index is 2100. The van der Waals surface area contributed by atoms with Crippen molar-refractivity contribution in [3.8, 4) is 0 Å². The van der Waals surface area contributed by atoms with Crippen molar-refractivity contribution >= 4 is 41.9 Å². The molecule has 0 saturated carbocycles. The number of esters is 5. The van der Waals surface area contributed by atoms with Gasteiger partial charge in [-0.2, -0.15) is 0 Å². The molecule has 20 nitrogen and oxygen atoms in total. The van der Waals surface area contributed by atoms with Crippen LogP contribution in [-0.4, -0.2) is 166 Å². The summed E-state index contributed by atoms with van der Waals surface area (Å²) in [6.45, 7) is 14.2. The molecule has 0 aromatic carbocycles. The van der Waals surface area contributed by atoms with Crippen molar-refractivity contribution in [1.82, 2.24) is 9.88 Å². The standard InChI is InChI=1S/C53H76N2O18/c1-14-41-38(28-65-52-50(64-13)49(63-12)47(33(6)66-52)69-35(8)58)25-29(2)21-22-40(60)30(3)26-37(19-16-18-24-56)45(31(4)42(27-43(61)71-41)72-51(62)39-20-15-17-23-54-39)73-53-48(70-36(9)59)44(55(10)11)46(32(5)67-53)68-34(7)57/h15-18,20-25,30-33,37-38,41-42,44-50,52-53H,14,19,26-28H2,1-13H3/b18-16+,22-21+,29-25+/t30-,31+,32+,33-,37+,38-,41-,42-,44-,45-,46+,47-,48+,49-,50-,52-,53-/m1/s1. The van der Waals surface area contributed by atoms with E-state index in [4.69, 9.17) is 52.1 Å². The lowest BCUT2D eigenvalue weighted by Gasteiger charge is -2.48. The van der Waals surface area contributed by atoms with Gasteiger partial charge in [-0.3, -0.25) is 33.7 Å². The maximum Gasteiger partial charge on any atom is 0.357 e. The smallest absolute Gasteiger partial charge is 0.357 e. The molecule has 0 unspecified atom stereocenters. The molecule has 0 spiro atoms. The van der Waals surface area contributed by atoms with Crippen LogP contribution in [0.15, 0.2) is 60.3 Å². The van der Waals surface area contributed by atoms with Crippen LogP contribution in [0.4, 0.5) is 0 Å². The molecule has 0 aliphatic carbocycles. The number of likely N-dealkylation sites (N-methyl/N-ethyl adjacent to an activating group) is 1. The Morgan fingerprint density at radius 1 is 0.808 bits per heavy atom. The molecule has 0 amide bonds. The van der Waals surface area contributed by atoms with E-state index in [-0.39, 0.29) is 37.3 Å². The van der Waals surface area contributed by atoms with E-state index in [1.807, 2.05) is 13.0 Å². The van der Waals surface area contributed by atoms with E-state index in [1.165, 1.54) is 59.4 Å². The second-order valence-electron chi connectivity index (χ2n) is 19.1. The highest BCUT2D eigenvalue weighted by atomic mass is 16.7. The number of rotatable bonds is 17. The molecule has 0 radical (unpaired) electrons. The zero-order valence-corrected chi connectivity index (χ0v) is 44.4. The second kappa shape index (κ2) is 29.0. The molecular weight excluding hydrogens is 953 g/mol. The number of methoxy groups -OCH3 is 2. The van der Waals surface area contributed by atoms with Gasteiger partial charge in [0.05, 0.1) is 37.4 Å². The first-order valence-electron chi connectivity index (χ1n) is 24.8. The van der Waals surface area contributed by atoms with E-state index in [9.17, 15) is 33.6 Å². The Hall–Kier alpha value is -5.22. The molecule has 1 aromatic heterocycles. The number of carbonyl (C=O) groups excluding carboxylic acids is 7. The van der Waals surface area contributed by atoms with Crippen molar-refractivity contribution in [3.63, 3.8) is 0 Å². The third-order valence-corrected chi connectivity index (χ3v) is 13.3. The Morgan fingerprint density at radius 2 is 1.44 bits per heavy atom. The summed E-state index contributed by atoms with van der Waals surface area (Å²) in [5.74, 6) is -6.50. The van der Waals surface area contributed by atoms with Gasteiger partial charge in [0, 0.05) is 58.9 Å². The molecule has 3 aliphatic heterocycles. The van der Waals surface area contributed by atoms with E-state index >= 15 is 0 Å². The van der Waals surface area contributed by atoms with Gasteiger partial charge in [-0.25, -0.2) is 9.78 Å². The number of cyclic esters (lactones) is 1. The lowest BCUT2D eigenvalue weighted by atomic mass is 9.79. The fraction of sp³-hybridized carbons (Fsp3) is 0.660. The SMILES string of the molecule is CC[C@H]1OC(=O)C[C@@H](OC(=O)c2ccccn2)[C@H](C)[C@@H](O[C@H]2O[C@@H](C)[C@H](OC(C)=O)[C@@H](N(C)C)[C@@H]2OC(C)=O)[C@@H](C/C=C/C=O)C[C@@H](C)C(=O)/C=C/C(C)=C/[C@@H]1CO[C@@H]1O[C@H](C)[C@@H](OC(C)=O)[C@@H](OC)[C@H]1OC. The first-order chi connectivity index (χ1) is 34.6. The van der Waals surface area contributed by atoms with Crippen LogP contribution in [-0.2, 0) is 80.9 Å². The quantitative estimate of drug-likeness (QED) is 0.0855. The summed E-state index contributed by atoms with van der Waals surface area (Å²) in [6, 6.07) is 3.92. The van der Waals surface area contributed by atoms with Gasteiger partial charge < -0.3 is 52.1 Å². The van der Waals surface area contributed by atoms with Gasteiger partial charge in [0.1, 0.15) is 42.5 Å². The van der Waals surface area contributed by atoms with Crippen molar-refractivity contribution in [2.75, 3.05) is 34.9 Å². The number of ether oxygens (including phenoxy) is 11. The normalized spacial score (nSPS) is 35.0. The van der Waals surface area contributed by atoms with Crippen LogP contribution in [0.25, 0.3) is 0 Å². The van der Waals surface area contributed by atoms with Gasteiger partial charge >= 0.3 is 29.8 Å². The van der Waals surface area contributed by atoms with E-state index in [0.29, 0.717) is 11.9 Å². The molecule has 1 aromatic rings. The van der Waals surface area contributed by atoms with Crippen LogP contribution in [0, 0.1) is 23.7 Å². The van der Waals surface area contributed by atoms with E-state index in [2.05, 4.69) is 4.98 Å². The number of carbonyl (C=O) groups is 7. The fourth-order valence-electron chi connectivity index (χ4n) is 9.73. The summed E-state index contributed by atoms with van der Waals surface area (Å²) < 4.78 is 67.3. The summed E-state index contributed by atoms with van der Waals surface area (Å²) in [5.41, 5.74) is 0.605. The molecule has 0 N–H and O–H groups in total. The van der Waals surface area contributed by atoms with Gasteiger partial charge in [-0.15, -0.1) is 0 Å². The maximum atomic E-state index is 14.6. The number of ketones is 1. The van der Waals surface area contributed by atoms with Crippen LogP contribution in [0.3, 0.4) is 0 Å². The number of aldehydes is 1. The summed E-state index contributed by atoms with van der Waals surface area (Å²) in [7, 11) is 6.37. The van der Waals surface area contributed by atoms with Crippen LogP contribution >= 0.6 is 0 Å². The average Bonchev–Trinajstić information content (AvgIpc) is 3.33. The predicted molar refractivity (Wildman–Crippen MR) is 261 cm³/mol. The molecule has 4 rings (SSSR count). The third-order valence-electron chi connectivity index (χ3n) is 13.3. The van der Waals surface area contributed by atoms with Crippen LogP contribution in [0.1, 0.15) is 98.5 Å². The van der Waals surface area contributed by atoms with Crippen molar-refractivity contribution < 1.29 is 85.7 Å². The Morgan fingerprint density at radius 3 is 2.03 bits per heavy atom. The molecule has 2 saturated heterocycles. The third kappa shape index (κ3) is 17.2. The van der Waals surface area contributed by atoms with Gasteiger partial charge in [0.25, 0.3) is 0 Å². The summed E-state index contributed by atoms with van der Waals surface area (Å²) in [5, 5.41) is 0. The van der Waals surface area contributed by atoms with Gasteiger partial charge in [0.15, 0.2) is 30.6 Å². The number of hydrogen-bond donors (Lipinski definition) is 0. The van der Waals surface area contributed by atoms with E-state index < -0.39 is 140 Å².